The van der Waals surface area contributed by atoms with E-state index in [0.29, 0.717) is 0 Å². The van der Waals surface area contributed by atoms with Crippen LogP contribution < -0.4 is 5.32 Å². The lowest BCUT2D eigenvalue weighted by Gasteiger charge is -2.01. The van der Waals surface area contributed by atoms with Crippen LogP contribution in [-0.2, 0) is 6.42 Å². The van der Waals surface area contributed by atoms with Crippen molar-refractivity contribution in [2.45, 2.75) is 13.3 Å². The van der Waals surface area contributed by atoms with Gasteiger partial charge in [0.1, 0.15) is 0 Å². The fraction of sp³-hybridized carbons (Fsp3) is 0.364. The molecule has 74 valence electrons. The second-order valence-electron chi connectivity index (χ2n) is 3.52. The van der Waals surface area contributed by atoms with Crippen LogP contribution in [0.15, 0.2) is 18.2 Å². The summed E-state index contributed by atoms with van der Waals surface area (Å²) in [6.45, 7) is 3.04. The van der Waals surface area contributed by atoms with E-state index in [0.717, 1.165) is 24.2 Å². The molecule has 0 spiro atoms. The lowest BCUT2D eigenvalue weighted by molar-refractivity contribution is 0.793. The molecule has 0 aliphatic heterocycles. The second kappa shape index (κ2) is 3.80. The van der Waals surface area contributed by atoms with Crippen molar-refractivity contribution < 1.29 is 0 Å². The lowest BCUT2D eigenvalue weighted by atomic mass is 10.1. The highest BCUT2D eigenvalue weighted by atomic mass is 15.1. The van der Waals surface area contributed by atoms with Gasteiger partial charge in [-0.3, -0.25) is 5.10 Å². The van der Waals surface area contributed by atoms with Crippen molar-refractivity contribution >= 4 is 10.9 Å². The van der Waals surface area contributed by atoms with Crippen LogP contribution in [0.2, 0.25) is 0 Å². The normalized spacial score (nSPS) is 11.0. The van der Waals surface area contributed by atoms with Gasteiger partial charge in [0, 0.05) is 11.1 Å². The minimum absolute atomic E-state index is 0.991. The largest absolute Gasteiger partial charge is 0.319 e. The van der Waals surface area contributed by atoms with Crippen LogP contribution in [0.3, 0.4) is 0 Å². The molecule has 2 rings (SSSR count). The molecule has 0 bridgehead atoms. The molecule has 1 heterocycles. The van der Waals surface area contributed by atoms with Gasteiger partial charge >= 0.3 is 0 Å². The highest BCUT2D eigenvalue weighted by molar-refractivity contribution is 5.84. The summed E-state index contributed by atoms with van der Waals surface area (Å²) in [5.41, 5.74) is 3.56. The Kier molecular flexibility index (Phi) is 2.50. The Hall–Kier alpha value is -1.35. The van der Waals surface area contributed by atoms with Crippen molar-refractivity contribution in [1.82, 2.24) is 15.5 Å². The van der Waals surface area contributed by atoms with E-state index in [2.05, 4.69) is 40.6 Å². The number of aryl methyl sites for hydroxylation is 1. The molecule has 0 atom stereocenters. The first-order chi connectivity index (χ1) is 6.83. The fourth-order valence-electron chi connectivity index (χ4n) is 1.69. The molecule has 1 aromatic carbocycles. The van der Waals surface area contributed by atoms with Gasteiger partial charge in [-0.1, -0.05) is 18.2 Å². The number of nitrogens with zero attached hydrogens (tertiary/aromatic N) is 1. The molecule has 1 aromatic heterocycles. The van der Waals surface area contributed by atoms with E-state index in [1.54, 1.807) is 0 Å². The maximum absolute atomic E-state index is 4.32. The number of para-hydroxylation sites is 1. The predicted octanol–water partition coefficient (Wildman–Crippen LogP) is 1.63. The Morgan fingerprint density at radius 1 is 1.43 bits per heavy atom. The summed E-state index contributed by atoms with van der Waals surface area (Å²) >= 11 is 0. The van der Waals surface area contributed by atoms with Crippen LogP contribution >= 0.6 is 0 Å². The number of benzene rings is 1. The van der Waals surface area contributed by atoms with E-state index in [1.807, 2.05) is 7.05 Å². The van der Waals surface area contributed by atoms with Gasteiger partial charge in [0.05, 0.1) is 5.52 Å². The van der Waals surface area contributed by atoms with Crippen molar-refractivity contribution in [3.63, 3.8) is 0 Å². The minimum atomic E-state index is 0.991. The van der Waals surface area contributed by atoms with Gasteiger partial charge in [0.2, 0.25) is 0 Å². The number of hydrogen-bond donors (Lipinski definition) is 2. The quantitative estimate of drug-likeness (QED) is 0.770. The molecule has 2 aromatic rings. The number of hydrogen-bond acceptors (Lipinski definition) is 2. The molecule has 3 nitrogen and oxygen atoms in total. The number of H-pyrrole nitrogens is 1. The third kappa shape index (κ3) is 1.51. The summed E-state index contributed by atoms with van der Waals surface area (Å²) in [5.74, 6) is 0. The van der Waals surface area contributed by atoms with Crippen molar-refractivity contribution in [3.8, 4) is 0 Å². The summed E-state index contributed by atoms with van der Waals surface area (Å²) in [5, 5.41) is 11.7. The van der Waals surface area contributed by atoms with Gasteiger partial charge in [-0.05, 0) is 32.5 Å². The van der Waals surface area contributed by atoms with E-state index in [1.165, 1.54) is 10.9 Å². The Bertz CT molecular complexity index is 431. The minimum Gasteiger partial charge on any atom is -0.319 e. The molecule has 0 amide bonds. The van der Waals surface area contributed by atoms with Crippen LogP contribution in [0, 0.1) is 6.92 Å². The molecule has 0 aliphatic carbocycles. The standard InChI is InChI=1S/C11H15N3/c1-8-10-5-3-4-9(6-7-12-2)11(10)14-13-8/h3-5,12H,6-7H2,1-2H3,(H,13,14). The third-order valence-electron chi connectivity index (χ3n) is 2.50. The van der Waals surface area contributed by atoms with Crippen molar-refractivity contribution in [1.29, 1.82) is 0 Å². The molecule has 0 saturated carbocycles. The summed E-state index contributed by atoms with van der Waals surface area (Å²) in [4.78, 5) is 0. The molecule has 0 aliphatic rings. The lowest BCUT2D eigenvalue weighted by Crippen LogP contribution is -2.10. The zero-order valence-corrected chi connectivity index (χ0v) is 8.59. The molecule has 2 N–H and O–H groups in total. The van der Waals surface area contributed by atoms with E-state index < -0.39 is 0 Å². The van der Waals surface area contributed by atoms with E-state index in [9.17, 15) is 0 Å². The number of likely N-dealkylation sites (N-methyl/N-ethyl adjacent to an activating group) is 1. The number of fused-ring (bicyclic) bond motifs is 1. The van der Waals surface area contributed by atoms with Gasteiger partial charge in [0.25, 0.3) is 0 Å². The zero-order chi connectivity index (χ0) is 9.97. The summed E-state index contributed by atoms with van der Waals surface area (Å²) in [7, 11) is 1.97. The smallest absolute Gasteiger partial charge is 0.0955 e. The molecule has 3 heteroatoms. The summed E-state index contributed by atoms with van der Waals surface area (Å²) in [6.07, 6.45) is 1.03. The van der Waals surface area contributed by atoms with Crippen LogP contribution in [0.25, 0.3) is 10.9 Å². The predicted molar refractivity (Wildman–Crippen MR) is 58.5 cm³/mol. The second-order valence-corrected chi connectivity index (χ2v) is 3.52. The Labute approximate surface area is 83.5 Å². The van der Waals surface area contributed by atoms with E-state index in [-0.39, 0.29) is 0 Å². The van der Waals surface area contributed by atoms with Crippen LogP contribution in [-0.4, -0.2) is 23.8 Å². The molecule has 0 radical (unpaired) electrons. The van der Waals surface area contributed by atoms with E-state index >= 15 is 0 Å². The summed E-state index contributed by atoms with van der Waals surface area (Å²) in [6, 6.07) is 6.34. The first kappa shape index (κ1) is 9.21. The molecular formula is C11H15N3. The van der Waals surface area contributed by atoms with Crippen molar-refractivity contribution in [3.05, 3.63) is 29.5 Å². The fourth-order valence-corrected chi connectivity index (χ4v) is 1.69. The first-order valence-electron chi connectivity index (χ1n) is 4.90. The number of rotatable bonds is 3. The van der Waals surface area contributed by atoms with Crippen molar-refractivity contribution in [2.75, 3.05) is 13.6 Å². The van der Waals surface area contributed by atoms with Crippen LogP contribution in [0.1, 0.15) is 11.3 Å². The maximum atomic E-state index is 4.32. The Morgan fingerprint density at radius 3 is 3.07 bits per heavy atom. The third-order valence-corrected chi connectivity index (χ3v) is 2.50. The topological polar surface area (TPSA) is 40.7 Å². The zero-order valence-electron chi connectivity index (χ0n) is 8.59. The summed E-state index contributed by atoms with van der Waals surface area (Å²) < 4.78 is 0. The molecule has 0 saturated heterocycles. The van der Waals surface area contributed by atoms with E-state index in [4.69, 9.17) is 0 Å². The van der Waals surface area contributed by atoms with Gasteiger partial charge in [-0.15, -0.1) is 0 Å². The van der Waals surface area contributed by atoms with Gasteiger partial charge < -0.3 is 5.32 Å². The molecule has 0 unspecified atom stereocenters. The number of aromatic nitrogens is 2. The van der Waals surface area contributed by atoms with Crippen molar-refractivity contribution in [2.24, 2.45) is 0 Å². The average molecular weight is 189 g/mol. The van der Waals surface area contributed by atoms with Crippen LogP contribution in [0.4, 0.5) is 0 Å². The van der Waals surface area contributed by atoms with Gasteiger partial charge in [-0.2, -0.15) is 5.10 Å². The maximum Gasteiger partial charge on any atom is 0.0955 e. The Balaban J connectivity index is 2.44. The molecule has 0 fully saturated rings. The van der Waals surface area contributed by atoms with Gasteiger partial charge in [0.15, 0.2) is 0 Å². The average Bonchev–Trinajstić information content (AvgIpc) is 2.58. The highest BCUT2D eigenvalue weighted by Crippen LogP contribution is 2.19. The SMILES string of the molecule is CNCCc1cccc2c(C)[nH]nc12. The molecular weight excluding hydrogens is 174 g/mol. The monoisotopic (exact) mass is 189 g/mol. The van der Waals surface area contributed by atoms with Crippen LogP contribution in [0.5, 0.6) is 0 Å². The first-order valence-corrected chi connectivity index (χ1v) is 4.90. The Morgan fingerprint density at radius 2 is 2.29 bits per heavy atom. The highest BCUT2D eigenvalue weighted by Gasteiger charge is 2.04. The number of aromatic amines is 1. The van der Waals surface area contributed by atoms with Gasteiger partial charge in [-0.25, -0.2) is 0 Å². The molecule has 14 heavy (non-hydrogen) atoms. The number of nitrogens with one attached hydrogen (secondary N) is 2.